The minimum atomic E-state index is 0.225. The molecule has 0 saturated carbocycles. The highest BCUT2D eigenvalue weighted by atomic mass is 79.9. The average molecular weight is 332 g/mol. The molecule has 4 heteroatoms. The quantitative estimate of drug-likeness (QED) is 0.908. The maximum absolute atomic E-state index is 6.02. The second-order valence-electron chi connectivity index (χ2n) is 5.53. The Kier molecular flexibility index (Phi) is 4.37. The largest absolute Gasteiger partial charge is 0.329 e. The van der Waals surface area contributed by atoms with E-state index in [9.17, 15) is 0 Å². The number of nitrogens with two attached hydrogens (primary N) is 1. The van der Waals surface area contributed by atoms with E-state index in [1.54, 1.807) is 0 Å². The summed E-state index contributed by atoms with van der Waals surface area (Å²) < 4.78 is 1.05. The van der Waals surface area contributed by atoms with Crippen LogP contribution in [-0.2, 0) is 0 Å². The molecule has 0 radical (unpaired) electrons. The van der Waals surface area contributed by atoms with E-state index in [1.807, 2.05) is 12.1 Å². The Hall–Kier alpha value is -0.0900. The van der Waals surface area contributed by atoms with Crippen molar-refractivity contribution in [3.63, 3.8) is 0 Å². The first-order valence-corrected chi connectivity index (χ1v) is 7.54. The maximum Gasteiger partial charge on any atom is 0.0486 e. The summed E-state index contributed by atoms with van der Waals surface area (Å²) in [5, 5.41) is 0.752. The molecular formula is C14H20BrClN2. The van der Waals surface area contributed by atoms with Crippen LogP contribution in [0.5, 0.6) is 0 Å². The lowest BCUT2D eigenvalue weighted by molar-refractivity contribution is 0.119. The molecule has 2 rings (SSSR count). The number of likely N-dealkylation sites (tertiary alicyclic amines) is 1. The predicted molar refractivity (Wildman–Crippen MR) is 81.0 cm³/mol. The van der Waals surface area contributed by atoms with Crippen molar-refractivity contribution in [2.45, 2.75) is 38.3 Å². The Morgan fingerprint density at radius 3 is 2.72 bits per heavy atom. The van der Waals surface area contributed by atoms with Crippen molar-refractivity contribution < 1.29 is 0 Å². The summed E-state index contributed by atoms with van der Waals surface area (Å²) in [4.78, 5) is 2.51. The highest BCUT2D eigenvalue weighted by Gasteiger charge is 2.37. The molecule has 2 N–H and O–H groups in total. The topological polar surface area (TPSA) is 29.3 Å². The number of benzene rings is 1. The van der Waals surface area contributed by atoms with E-state index in [0.717, 1.165) is 16.0 Å². The molecule has 0 aliphatic carbocycles. The molecule has 1 atom stereocenters. The van der Waals surface area contributed by atoms with Crippen LogP contribution in [0.1, 0.15) is 38.3 Å². The third-order valence-electron chi connectivity index (χ3n) is 3.89. The predicted octanol–water partition coefficient (Wildman–Crippen LogP) is 3.98. The molecule has 0 aromatic heterocycles. The van der Waals surface area contributed by atoms with Crippen LogP contribution in [-0.4, -0.2) is 23.5 Å². The van der Waals surface area contributed by atoms with Gasteiger partial charge in [-0.05, 0) is 50.9 Å². The fourth-order valence-corrected chi connectivity index (χ4v) is 3.85. The van der Waals surface area contributed by atoms with E-state index in [1.165, 1.54) is 18.4 Å². The van der Waals surface area contributed by atoms with Gasteiger partial charge in [-0.2, -0.15) is 0 Å². The highest BCUT2D eigenvalue weighted by molar-refractivity contribution is 9.10. The summed E-state index contributed by atoms with van der Waals surface area (Å²) in [6, 6.07) is 6.23. The minimum Gasteiger partial charge on any atom is -0.329 e. The van der Waals surface area contributed by atoms with Gasteiger partial charge in [0, 0.05) is 27.6 Å². The summed E-state index contributed by atoms with van der Waals surface area (Å²) >= 11 is 9.61. The fourth-order valence-electron chi connectivity index (χ4n) is 2.90. The molecule has 100 valence electrons. The van der Waals surface area contributed by atoms with Crippen molar-refractivity contribution in [3.05, 3.63) is 33.3 Å². The third-order valence-corrected chi connectivity index (χ3v) is 4.81. The van der Waals surface area contributed by atoms with Gasteiger partial charge in [0.05, 0.1) is 0 Å². The summed E-state index contributed by atoms with van der Waals surface area (Å²) in [7, 11) is 0. The van der Waals surface area contributed by atoms with Crippen molar-refractivity contribution >= 4 is 27.5 Å². The van der Waals surface area contributed by atoms with Crippen molar-refractivity contribution in [1.82, 2.24) is 4.90 Å². The SMILES string of the molecule is CC1(C)CCCN1C(CN)c1ccc(Cl)cc1Br. The van der Waals surface area contributed by atoms with Gasteiger partial charge in [-0.25, -0.2) is 0 Å². The summed E-state index contributed by atoms with van der Waals surface area (Å²) in [6.07, 6.45) is 2.48. The van der Waals surface area contributed by atoms with Gasteiger partial charge in [0.1, 0.15) is 0 Å². The molecule has 1 saturated heterocycles. The number of nitrogens with zero attached hydrogens (tertiary/aromatic N) is 1. The van der Waals surface area contributed by atoms with Crippen LogP contribution >= 0.6 is 27.5 Å². The zero-order chi connectivity index (χ0) is 13.3. The Morgan fingerprint density at radius 1 is 1.50 bits per heavy atom. The number of rotatable bonds is 3. The molecule has 0 amide bonds. The van der Waals surface area contributed by atoms with Crippen LogP contribution in [0, 0.1) is 0 Å². The van der Waals surface area contributed by atoms with E-state index in [0.29, 0.717) is 6.54 Å². The van der Waals surface area contributed by atoms with Crippen LogP contribution in [0.4, 0.5) is 0 Å². The molecule has 0 bridgehead atoms. The maximum atomic E-state index is 6.02. The summed E-state index contributed by atoms with van der Waals surface area (Å²) in [5.74, 6) is 0. The second-order valence-corrected chi connectivity index (χ2v) is 6.82. The first-order valence-electron chi connectivity index (χ1n) is 6.37. The van der Waals surface area contributed by atoms with Crippen LogP contribution < -0.4 is 5.73 Å². The van der Waals surface area contributed by atoms with Gasteiger partial charge in [-0.1, -0.05) is 33.6 Å². The van der Waals surface area contributed by atoms with Crippen LogP contribution in [0.2, 0.25) is 5.02 Å². The monoisotopic (exact) mass is 330 g/mol. The van der Waals surface area contributed by atoms with E-state index in [2.05, 4.69) is 40.7 Å². The lowest BCUT2D eigenvalue weighted by Gasteiger charge is -2.38. The molecule has 1 heterocycles. The zero-order valence-corrected chi connectivity index (χ0v) is 13.3. The first kappa shape index (κ1) is 14.3. The van der Waals surface area contributed by atoms with Crippen LogP contribution in [0.3, 0.4) is 0 Å². The summed E-state index contributed by atoms with van der Waals surface area (Å²) in [5.41, 5.74) is 7.48. The van der Waals surface area contributed by atoms with E-state index >= 15 is 0 Å². The molecule has 1 aliphatic rings. The van der Waals surface area contributed by atoms with Gasteiger partial charge in [-0.3, -0.25) is 4.90 Å². The van der Waals surface area contributed by atoms with Crippen LogP contribution in [0.25, 0.3) is 0 Å². The number of hydrogen-bond acceptors (Lipinski definition) is 2. The zero-order valence-electron chi connectivity index (χ0n) is 10.9. The molecule has 1 aromatic carbocycles. The van der Waals surface area contributed by atoms with Crippen LogP contribution in [0.15, 0.2) is 22.7 Å². The van der Waals surface area contributed by atoms with Crippen molar-refractivity contribution in [1.29, 1.82) is 0 Å². The molecule has 1 aliphatic heterocycles. The molecule has 1 unspecified atom stereocenters. The standard InChI is InChI=1S/C14H20BrClN2/c1-14(2)6-3-7-18(14)13(9-17)11-5-4-10(16)8-12(11)15/h4-5,8,13H,3,6-7,9,17H2,1-2H3. The number of hydrogen-bond donors (Lipinski definition) is 1. The minimum absolute atomic E-state index is 0.225. The summed E-state index contributed by atoms with van der Waals surface area (Å²) in [6.45, 7) is 6.34. The Labute approximate surface area is 123 Å². The normalized spacial score (nSPS) is 21.2. The molecule has 0 spiro atoms. The average Bonchev–Trinajstić information content (AvgIpc) is 2.63. The lowest BCUT2D eigenvalue weighted by atomic mass is 9.97. The van der Waals surface area contributed by atoms with Gasteiger partial charge < -0.3 is 5.73 Å². The van der Waals surface area contributed by atoms with Gasteiger partial charge in [0.2, 0.25) is 0 Å². The molecule has 18 heavy (non-hydrogen) atoms. The highest BCUT2D eigenvalue weighted by Crippen LogP contribution is 2.38. The van der Waals surface area contributed by atoms with Gasteiger partial charge in [-0.15, -0.1) is 0 Å². The first-order chi connectivity index (χ1) is 8.45. The smallest absolute Gasteiger partial charge is 0.0486 e. The van der Waals surface area contributed by atoms with Gasteiger partial charge in [0.15, 0.2) is 0 Å². The van der Waals surface area contributed by atoms with Crippen molar-refractivity contribution in [2.75, 3.05) is 13.1 Å². The van der Waals surface area contributed by atoms with Gasteiger partial charge >= 0.3 is 0 Å². The second kappa shape index (κ2) is 5.49. The molecular weight excluding hydrogens is 312 g/mol. The van der Waals surface area contributed by atoms with Crippen molar-refractivity contribution in [3.8, 4) is 0 Å². The van der Waals surface area contributed by atoms with E-state index < -0.39 is 0 Å². The molecule has 1 aromatic rings. The molecule has 2 nitrogen and oxygen atoms in total. The Bertz CT molecular complexity index is 434. The van der Waals surface area contributed by atoms with E-state index in [-0.39, 0.29) is 11.6 Å². The van der Waals surface area contributed by atoms with E-state index in [4.69, 9.17) is 17.3 Å². The lowest BCUT2D eigenvalue weighted by Crippen LogP contribution is -2.43. The Balaban J connectivity index is 2.33. The van der Waals surface area contributed by atoms with Crippen molar-refractivity contribution in [2.24, 2.45) is 5.73 Å². The Morgan fingerprint density at radius 2 is 2.22 bits per heavy atom. The third kappa shape index (κ3) is 2.74. The number of halogens is 2. The van der Waals surface area contributed by atoms with Gasteiger partial charge in [0.25, 0.3) is 0 Å². The molecule has 1 fully saturated rings. The fraction of sp³-hybridized carbons (Fsp3) is 0.571.